The molecular formula is C11H12Cl3NO. The lowest BCUT2D eigenvalue weighted by Gasteiger charge is -2.14. The zero-order valence-electron chi connectivity index (χ0n) is 8.93. The summed E-state index contributed by atoms with van der Waals surface area (Å²) >= 11 is 17.5. The van der Waals surface area contributed by atoms with Crippen molar-refractivity contribution in [3.63, 3.8) is 0 Å². The number of amides is 1. The lowest BCUT2D eigenvalue weighted by molar-refractivity contribution is -0.115. The predicted octanol–water partition coefficient (Wildman–Crippen LogP) is 3.82. The molecule has 2 nitrogen and oxygen atoms in total. The van der Waals surface area contributed by atoms with Crippen molar-refractivity contribution in [3.05, 3.63) is 28.8 Å². The molecule has 0 aliphatic carbocycles. The molecule has 0 aliphatic rings. The van der Waals surface area contributed by atoms with Crippen LogP contribution >= 0.6 is 34.8 Å². The molecular weight excluding hydrogens is 268 g/mol. The van der Waals surface area contributed by atoms with E-state index in [4.69, 9.17) is 34.8 Å². The number of carbonyl (C=O) groups excluding carboxylic acids is 1. The first-order valence-electron chi connectivity index (χ1n) is 4.77. The van der Waals surface area contributed by atoms with Gasteiger partial charge in [-0.2, -0.15) is 0 Å². The van der Waals surface area contributed by atoms with Crippen LogP contribution in [0.25, 0.3) is 0 Å². The molecule has 16 heavy (non-hydrogen) atoms. The van der Waals surface area contributed by atoms with E-state index in [1.807, 2.05) is 6.92 Å². The van der Waals surface area contributed by atoms with Crippen LogP contribution in [0.5, 0.6) is 0 Å². The van der Waals surface area contributed by atoms with Gasteiger partial charge in [-0.15, -0.1) is 23.2 Å². The molecule has 5 heteroatoms. The quantitative estimate of drug-likeness (QED) is 0.838. The zero-order chi connectivity index (χ0) is 12.3. The second kappa shape index (κ2) is 5.76. The Morgan fingerprint density at radius 1 is 1.38 bits per heavy atom. The van der Waals surface area contributed by atoms with Gasteiger partial charge >= 0.3 is 0 Å². The third-order valence-electron chi connectivity index (χ3n) is 2.18. The molecule has 0 saturated heterocycles. The number of anilines is 1. The van der Waals surface area contributed by atoms with Crippen LogP contribution in [0, 0.1) is 6.92 Å². The number of hydrogen-bond donors (Lipinski definition) is 1. The van der Waals surface area contributed by atoms with Crippen LogP contribution in [-0.2, 0) is 4.79 Å². The smallest absolute Gasteiger partial charge is 0.243 e. The zero-order valence-corrected chi connectivity index (χ0v) is 11.2. The summed E-state index contributed by atoms with van der Waals surface area (Å²) in [5, 5.41) is 2.10. The highest BCUT2D eigenvalue weighted by atomic mass is 35.5. The third-order valence-corrected chi connectivity index (χ3v) is 3.55. The molecule has 0 aromatic heterocycles. The summed E-state index contributed by atoms with van der Waals surface area (Å²) in [4.78, 5) is 11.6. The largest absolute Gasteiger partial charge is 0.324 e. The van der Waals surface area contributed by atoms with Crippen molar-refractivity contribution >= 4 is 46.4 Å². The Bertz CT molecular complexity index is 393. The number of nitrogens with one attached hydrogen (secondary N) is 1. The van der Waals surface area contributed by atoms with E-state index >= 15 is 0 Å². The average Bonchev–Trinajstić information content (AvgIpc) is 2.23. The fourth-order valence-electron chi connectivity index (χ4n) is 1.15. The highest BCUT2D eigenvalue weighted by molar-refractivity contribution is 6.38. The maximum atomic E-state index is 11.6. The molecule has 0 fully saturated rings. The van der Waals surface area contributed by atoms with E-state index in [2.05, 4.69) is 5.32 Å². The van der Waals surface area contributed by atoms with E-state index in [9.17, 15) is 4.79 Å². The second-order valence-corrected chi connectivity index (χ2v) is 5.05. The topological polar surface area (TPSA) is 29.1 Å². The summed E-state index contributed by atoms with van der Waals surface area (Å²) in [6.45, 7) is 3.49. The minimum Gasteiger partial charge on any atom is -0.324 e. The van der Waals surface area contributed by atoms with Crippen LogP contribution in [0.3, 0.4) is 0 Å². The van der Waals surface area contributed by atoms with E-state index in [1.165, 1.54) is 0 Å². The molecule has 0 unspecified atom stereocenters. The molecule has 0 spiro atoms. The first-order valence-corrected chi connectivity index (χ1v) is 6.02. The Balaban J connectivity index is 2.81. The first kappa shape index (κ1) is 13.6. The van der Waals surface area contributed by atoms with Crippen LogP contribution in [0.15, 0.2) is 18.2 Å². The molecule has 0 radical (unpaired) electrons. The van der Waals surface area contributed by atoms with Gasteiger partial charge in [-0.25, -0.2) is 0 Å². The van der Waals surface area contributed by atoms with Gasteiger partial charge in [0.15, 0.2) is 0 Å². The van der Waals surface area contributed by atoms with Crippen molar-refractivity contribution in [3.8, 4) is 0 Å². The summed E-state index contributed by atoms with van der Waals surface area (Å²) in [6, 6.07) is 5.29. The van der Waals surface area contributed by atoms with Gasteiger partial charge in [0.2, 0.25) is 5.91 Å². The fraction of sp³-hybridized carbons (Fsp3) is 0.364. The van der Waals surface area contributed by atoms with Gasteiger partial charge < -0.3 is 5.32 Å². The van der Waals surface area contributed by atoms with E-state index in [1.54, 1.807) is 25.1 Å². The fourth-order valence-corrected chi connectivity index (χ4v) is 1.50. The molecule has 1 aromatic rings. The van der Waals surface area contributed by atoms with Gasteiger partial charge in [0.25, 0.3) is 0 Å². The van der Waals surface area contributed by atoms with Gasteiger partial charge in [0, 0.05) is 10.7 Å². The number of benzene rings is 1. The van der Waals surface area contributed by atoms with Crippen molar-refractivity contribution in [1.29, 1.82) is 0 Å². The van der Waals surface area contributed by atoms with Crippen molar-refractivity contribution in [2.45, 2.75) is 24.6 Å². The van der Waals surface area contributed by atoms with Gasteiger partial charge in [0.1, 0.15) is 5.38 Å². The Morgan fingerprint density at radius 3 is 2.56 bits per heavy atom. The van der Waals surface area contributed by atoms with E-state index < -0.39 is 10.8 Å². The van der Waals surface area contributed by atoms with Crippen LogP contribution in [0.4, 0.5) is 5.69 Å². The Morgan fingerprint density at radius 2 is 2.00 bits per heavy atom. The maximum Gasteiger partial charge on any atom is 0.243 e. The number of carbonyl (C=O) groups is 1. The molecule has 1 aromatic carbocycles. The van der Waals surface area contributed by atoms with Gasteiger partial charge in [-0.1, -0.05) is 17.7 Å². The first-order chi connectivity index (χ1) is 7.43. The van der Waals surface area contributed by atoms with E-state index in [-0.39, 0.29) is 5.91 Å². The monoisotopic (exact) mass is 279 g/mol. The van der Waals surface area contributed by atoms with Crippen LogP contribution < -0.4 is 5.32 Å². The molecule has 2 atom stereocenters. The average molecular weight is 281 g/mol. The minimum atomic E-state index is -0.764. The standard InChI is InChI=1S/C11H12Cl3NO/c1-6-8(13)4-3-5-9(6)15-11(16)10(14)7(2)12/h3-5,7,10H,1-2H3,(H,15,16)/t7-,10-/m1/s1. The second-order valence-electron chi connectivity index (χ2n) is 3.48. The van der Waals surface area contributed by atoms with Crippen molar-refractivity contribution in [2.24, 2.45) is 0 Å². The number of alkyl halides is 2. The minimum absolute atomic E-state index is 0.325. The van der Waals surface area contributed by atoms with Crippen molar-refractivity contribution in [2.75, 3.05) is 5.32 Å². The lowest BCUT2D eigenvalue weighted by atomic mass is 10.2. The number of rotatable bonds is 3. The molecule has 0 aliphatic heterocycles. The van der Waals surface area contributed by atoms with Crippen LogP contribution in [-0.4, -0.2) is 16.7 Å². The highest BCUT2D eigenvalue weighted by Gasteiger charge is 2.21. The molecule has 1 N–H and O–H groups in total. The molecule has 0 heterocycles. The lowest BCUT2D eigenvalue weighted by Crippen LogP contribution is -2.29. The van der Waals surface area contributed by atoms with Gasteiger partial charge in [-0.05, 0) is 31.5 Å². The third kappa shape index (κ3) is 3.27. The van der Waals surface area contributed by atoms with E-state index in [0.29, 0.717) is 10.7 Å². The molecule has 0 saturated carbocycles. The normalized spacial score (nSPS) is 14.3. The number of halogens is 3. The van der Waals surface area contributed by atoms with E-state index in [0.717, 1.165) is 5.56 Å². The van der Waals surface area contributed by atoms with Crippen molar-refractivity contribution < 1.29 is 4.79 Å². The maximum absolute atomic E-state index is 11.6. The summed E-state index contributed by atoms with van der Waals surface area (Å²) < 4.78 is 0. The van der Waals surface area contributed by atoms with Crippen LogP contribution in [0.1, 0.15) is 12.5 Å². The van der Waals surface area contributed by atoms with Gasteiger partial charge in [-0.3, -0.25) is 4.79 Å². The Labute approximate surface area is 110 Å². The number of hydrogen-bond acceptors (Lipinski definition) is 1. The van der Waals surface area contributed by atoms with Crippen LogP contribution in [0.2, 0.25) is 5.02 Å². The Hall–Kier alpha value is -0.440. The highest BCUT2D eigenvalue weighted by Crippen LogP contribution is 2.23. The summed E-state index contributed by atoms with van der Waals surface area (Å²) in [6.07, 6.45) is 0. The Kier molecular flexibility index (Phi) is 4.90. The van der Waals surface area contributed by atoms with Gasteiger partial charge in [0.05, 0.1) is 5.38 Å². The SMILES string of the molecule is Cc1c(Cl)cccc1NC(=O)[C@H](Cl)[C@@H](C)Cl. The summed E-state index contributed by atoms with van der Waals surface area (Å²) in [5.74, 6) is -0.325. The van der Waals surface area contributed by atoms with Crippen molar-refractivity contribution in [1.82, 2.24) is 0 Å². The molecule has 88 valence electrons. The predicted molar refractivity (Wildman–Crippen MR) is 69.8 cm³/mol. The molecule has 1 amide bonds. The summed E-state index contributed by atoms with van der Waals surface area (Å²) in [7, 11) is 0. The summed E-state index contributed by atoms with van der Waals surface area (Å²) in [5.41, 5.74) is 1.46. The molecule has 1 rings (SSSR count). The molecule has 0 bridgehead atoms.